The zero-order valence-corrected chi connectivity index (χ0v) is 69.2. The van der Waals surface area contributed by atoms with Crippen molar-refractivity contribution >= 4 is 101 Å². The van der Waals surface area contributed by atoms with Gasteiger partial charge in [-0.05, 0) is 138 Å². The monoisotopic (exact) mass is 1660 g/mol. The summed E-state index contributed by atoms with van der Waals surface area (Å²) in [5.41, 5.74) is 41.7. The van der Waals surface area contributed by atoms with Crippen LogP contribution in [0, 0.1) is 28.6 Å². The summed E-state index contributed by atoms with van der Waals surface area (Å²) < 4.78 is 0. The maximum Gasteiger partial charge on any atom is 0.243 e. The van der Waals surface area contributed by atoms with E-state index in [0.717, 1.165) is 5.56 Å². The van der Waals surface area contributed by atoms with E-state index >= 15 is 0 Å². The Morgan fingerprint density at radius 1 is 0.345 bits per heavy atom. The molecule has 0 unspecified atom stereocenters. The fourth-order valence-corrected chi connectivity index (χ4v) is 12.4. The Bertz CT molecular complexity index is 3810. The molecular weight excluding hydrogens is 1540 g/mol. The van der Waals surface area contributed by atoms with Crippen LogP contribution < -0.4 is 120 Å². The van der Waals surface area contributed by atoms with Crippen molar-refractivity contribution < 1.29 is 71.9 Å². The molecule has 13 atom stereocenters. The van der Waals surface area contributed by atoms with Crippen LogP contribution in [0.25, 0.3) is 0 Å². The highest BCUT2D eigenvalue weighted by molar-refractivity contribution is 6.00. The van der Waals surface area contributed by atoms with Gasteiger partial charge in [-0.2, -0.15) is 0 Å². The Morgan fingerprint density at radius 2 is 0.689 bits per heavy atom. The van der Waals surface area contributed by atoms with Crippen molar-refractivity contribution in [1.29, 1.82) is 10.8 Å². The van der Waals surface area contributed by atoms with Gasteiger partial charge in [0, 0.05) is 25.9 Å². The molecule has 0 spiro atoms. The topological polar surface area (TPSA) is 666 Å². The van der Waals surface area contributed by atoms with Crippen LogP contribution in [0.15, 0.2) is 91.0 Å². The molecule has 39 nitrogen and oxygen atoms in total. The lowest BCUT2D eigenvalue weighted by Gasteiger charge is -2.30. The summed E-state index contributed by atoms with van der Waals surface area (Å²) in [6.07, 6.45) is 1.11. The zero-order valence-electron chi connectivity index (χ0n) is 69.2. The number of hydrogen-bond donors (Lipinski definition) is 24. The molecule has 3 rings (SSSR count). The molecule has 0 aliphatic heterocycles. The fraction of sp³-hybridized carbons (Fsp3) is 0.562. The van der Waals surface area contributed by atoms with E-state index in [-0.39, 0.29) is 121 Å². The number of primary amides is 2. The van der Waals surface area contributed by atoms with Crippen LogP contribution in [0.2, 0.25) is 0 Å². The molecule has 39 heteroatoms. The van der Waals surface area contributed by atoms with E-state index in [2.05, 4.69) is 79.8 Å². The number of hydrogen-bond acceptors (Lipinski definition) is 20. The second kappa shape index (κ2) is 54.9. The van der Waals surface area contributed by atoms with E-state index in [1.165, 1.54) is 6.92 Å². The van der Waals surface area contributed by atoms with Crippen molar-refractivity contribution in [2.45, 2.75) is 230 Å². The summed E-state index contributed by atoms with van der Waals surface area (Å²) in [6.45, 7) is 11.2. The standard InChI is InChI=1S/C80H128N24O15/c1-8-48(6)66(78(119)99-57(33-23-37-91-80(88)89)72(113)102-60(69(110)92-44-64(85)106)41-51-26-14-10-15-27-51)104-73(114)55(31-19-21-35-82)97-74(115)58(38-46(2)3)95-65(107)45-93-67(108)49(7)94-70(111)54(30-18-20-34-81)96-75(116)59(39-47(4)5)101-71(112)56(32-22-36-90-79(86)87)98-76(117)61(42-52-28-16-11-17-29-52)103-77(118)62(43-63(84)105)100-68(109)53(83)40-50-24-12-9-13-25-50/h9-17,24-29,46-49,53-62,66H,8,18-23,30-45,81-83H2,1-7H3,(H2,84,105)(H2,85,106)(H,92,110)(H,93,108)(H,94,111)(H,95,107)(H,96,116)(H,97,115)(H,98,117)(H,99,119)(H,100,109)(H,101,112)(H,102,113)(H,103,118)(H,104,114)(H4,86,87,90)(H4,88,89,91)/t48-,49-,53-,54-,55-,56-,57-,58-,59-,60-,61-,62-,66-/m0/s1. The zero-order chi connectivity index (χ0) is 88.7. The molecule has 31 N–H and O–H groups in total. The van der Waals surface area contributed by atoms with Crippen LogP contribution in [0.5, 0.6) is 0 Å². The van der Waals surface area contributed by atoms with Gasteiger partial charge in [-0.25, -0.2) is 0 Å². The van der Waals surface area contributed by atoms with Crippen LogP contribution in [-0.2, 0) is 91.2 Å². The van der Waals surface area contributed by atoms with Gasteiger partial charge in [0.2, 0.25) is 88.6 Å². The molecule has 0 aromatic heterocycles. The Hall–Kier alpha value is -11.9. The number of guanidine groups is 2. The molecule has 0 saturated carbocycles. The summed E-state index contributed by atoms with van der Waals surface area (Å²) in [5.74, 6) is -14.5. The molecule has 3 aromatic rings. The highest BCUT2D eigenvalue weighted by Gasteiger charge is 2.38. The van der Waals surface area contributed by atoms with Crippen LogP contribution in [0.3, 0.4) is 0 Å². The minimum atomic E-state index is -1.60. The molecule has 0 aliphatic rings. The molecule has 0 heterocycles. The van der Waals surface area contributed by atoms with Gasteiger partial charge in [0.05, 0.1) is 25.6 Å². The molecule has 3 aromatic carbocycles. The lowest BCUT2D eigenvalue weighted by Crippen LogP contribution is -2.61. The van der Waals surface area contributed by atoms with Crippen molar-refractivity contribution in [2.75, 3.05) is 39.3 Å². The summed E-state index contributed by atoms with van der Waals surface area (Å²) >= 11 is 0. The largest absolute Gasteiger partial charge is 0.370 e. The molecule has 0 radical (unpaired) electrons. The molecular formula is C80H128N24O15. The predicted molar refractivity (Wildman–Crippen MR) is 447 cm³/mol. The third-order valence-electron chi connectivity index (χ3n) is 19.0. The Labute approximate surface area is 695 Å². The van der Waals surface area contributed by atoms with Crippen molar-refractivity contribution in [2.24, 2.45) is 57.9 Å². The van der Waals surface area contributed by atoms with E-state index in [1.807, 2.05) is 0 Å². The van der Waals surface area contributed by atoms with Gasteiger partial charge in [-0.3, -0.25) is 82.7 Å². The average molecular weight is 1670 g/mol. The first-order valence-corrected chi connectivity index (χ1v) is 40.3. The van der Waals surface area contributed by atoms with Crippen molar-refractivity contribution in [1.82, 2.24) is 79.8 Å². The Balaban J connectivity index is 1.85. The first-order chi connectivity index (χ1) is 56.4. The van der Waals surface area contributed by atoms with Gasteiger partial charge in [0.1, 0.15) is 66.5 Å². The molecule has 119 heavy (non-hydrogen) atoms. The number of unbranched alkanes of at least 4 members (excludes halogenated alkanes) is 2. The van der Waals surface area contributed by atoms with Gasteiger partial charge in [0.15, 0.2) is 11.9 Å². The van der Waals surface area contributed by atoms with E-state index in [1.54, 1.807) is 133 Å². The van der Waals surface area contributed by atoms with Crippen LogP contribution in [0.4, 0.5) is 0 Å². The second-order valence-electron chi connectivity index (χ2n) is 30.3. The Kier molecular flexibility index (Phi) is 46.8. The predicted octanol–water partition coefficient (Wildman–Crippen LogP) is -4.09. The first-order valence-electron chi connectivity index (χ1n) is 40.3. The van der Waals surface area contributed by atoms with Crippen LogP contribution >= 0.6 is 0 Å². The van der Waals surface area contributed by atoms with Crippen molar-refractivity contribution in [3.8, 4) is 0 Å². The molecule has 0 fully saturated rings. The lowest BCUT2D eigenvalue weighted by molar-refractivity contribution is -0.136. The number of carbonyl (C=O) groups excluding carboxylic acids is 15. The maximum absolute atomic E-state index is 14.7. The highest BCUT2D eigenvalue weighted by atomic mass is 16.2. The quantitative estimate of drug-likeness (QED) is 0.0145. The summed E-state index contributed by atoms with van der Waals surface area (Å²) in [5, 5.41) is 54.7. The average Bonchev–Trinajstić information content (AvgIpc) is 0.851. The SMILES string of the molecule is CC[C@H](C)[C@H](NC(=O)[C@H](CCCCN)NC(=O)[C@H](CC(C)C)NC(=O)CNC(=O)[C@H](C)NC(=O)[C@H](CCCCN)NC(=O)[C@H](CC(C)C)NC(=O)[C@H](CCCNC(=N)N)NC(=O)[C@H](Cc1ccccc1)NC(=O)[C@H](CC(N)=O)NC(=O)[C@@H](N)Cc1ccccc1)C(=O)N[C@@H](CCCNC(=N)N)C(=O)N[C@@H](Cc1ccccc1)C(=O)NCC(N)=O. The minimum Gasteiger partial charge on any atom is -0.370 e. The minimum absolute atomic E-state index is 0.00984. The van der Waals surface area contributed by atoms with Crippen molar-refractivity contribution in [3.05, 3.63) is 108 Å². The normalized spacial score (nSPS) is 14.3. The van der Waals surface area contributed by atoms with Crippen LogP contribution in [-0.4, -0.2) is 212 Å². The lowest BCUT2D eigenvalue weighted by atomic mass is 9.96. The Morgan fingerprint density at radius 3 is 1.10 bits per heavy atom. The molecule has 0 bridgehead atoms. The van der Waals surface area contributed by atoms with E-state index in [9.17, 15) is 71.9 Å². The van der Waals surface area contributed by atoms with E-state index < -0.39 is 187 Å². The molecule has 0 saturated heterocycles. The van der Waals surface area contributed by atoms with Crippen LogP contribution in [0.1, 0.15) is 155 Å². The fourth-order valence-electron chi connectivity index (χ4n) is 12.4. The molecule has 658 valence electrons. The van der Waals surface area contributed by atoms with Gasteiger partial charge < -0.3 is 120 Å². The smallest absolute Gasteiger partial charge is 0.243 e. The summed E-state index contributed by atoms with van der Waals surface area (Å²) in [4.78, 5) is 208. The van der Waals surface area contributed by atoms with Gasteiger partial charge in [0.25, 0.3) is 0 Å². The number of amides is 15. The summed E-state index contributed by atoms with van der Waals surface area (Å²) in [6, 6.07) is 9.63. The van der Waals surface area contributed by atoms with Crippen molar-refractivity contribution in [3.63, 3.8) is 0 Å². The van der Waals surface area contributed by atoms with Gasteiger partial charge in [-0.15, -0.1) is 0 Å². The number of nitrogens with two attached hydrogens (primary N) is 7. The molecule has 0 aliphatic carbocycles. The number of nitrogens with one attached hydrogen (secondary N) is 17. The maximum atomic E-state index is 14.7. The first kappa shape index (κ1) is 101. The third-order valence-corrected chi connectivity index (χ3v) is 19.0. The third kappa shape index (κ3) is 40.7. The second-order valence-corrected chi connectivity index (χ2v) is 30.3. The van der Waals surface area contributed by atoms with E-state index in [4.69, 9.17) is 51.0 Å². The number of carbonyl (C=O) groups is 15. The summed E-state index contributed by atoms with van der Waals surface area (Å²) in [7, 11) is 0. The number of rotatable bonds is 57. The number of benzene rings is 3. The highest BCUT2D eigenvalue weighted by Crippen LogP contribution is 2.16. The van der Waals surface area contributed by atoms with Gasteiger partial charge in [-0.1, -0.05) is 139 Å². The molecule has 15 amide bonds. The van der Waals surface area contributed by atoms with E-state index in [0.29, 0.717) is 43.2 Å². The van der Waals surface area contributed by atoms with Gasteiger partial charge >= 0.3 is 0 Å².